The summed E-state index contributed by atoms with van der Waals surface area (Å²) in [6, 6.07) is 12.1. The first-order valence-electron chi connectivity index (χ1n) is 10.5. The van der Waals surface area contributed by atoms with Gasteiger partial charge in [-0.25, -0.2) is 0 Å². The molecular formula is C25H30N2O5. The molecule has 1 atom stereocenters. The molecule has 0 spiro atoms. The number of carbonyl (C=O) groups excluding carboxylic acids is 2. The Hall–Kier alpha value is -3.32. The molecule has 0 radical (unpaired) electrons. The van der Waals surface area contributed by atoms with Crippen molar-refractivity contribution in [3.05, 3.63) is 64.7 Å². The highest BCUT2D eigenvalue weighted by atomic mass is 16.5. The molecule has 170 valence electrons. The van der Waals surface area contributed by atoms with Crippen LogP contribution in [0, 0.1) is 6.92 Å². The number of ketones is 1. The summed E-state index contributed by atoms with van der Waals surface area (Å²) in [6.45, 7) is 2.67. The third-order valence-electron chi connectivity index (χ3n) is 5.68. The van der Waals surface area contributed by atoms with Crippen molar-refractivity contribution in [2.24, 2.45) is 0 Å². The van der Waals surface area contributed by atoms with Gasteiger partial charge >= 0.3 is 0 Å². The number of Topliss-reactive ketones (excluding diaryl/α,β-unsaturated/α-hetero) is 1. The molecule has 2 aromatic carbocycles. The minimum absolute atomic E-state index is 0.0922. The zero-order valence-electron chi connectivity index (χ0n) is 19.2. The van der Waals surface area contributed by atoms with Crippen LogP contribution in [0.1, 0.15) is 29.2 Å². The van der Waals surface area contributed by atoms with Gasteiger partial charge < -0.3 is 24.4 Å². The van der Waals surface area contributed by atoms with Crippen molar-refractivity contribution in [2.75, 3.05) is 46.4 Å². The molecular weight excluding hydrogens is 408 g/mol. The predicted molar refractivity (Wildman–Crippen MR) is 124 cm³/mol. The molecule has 2 aromatic rings. The number of aliphatic hydroxyl groups excluding tert-OH is 1. The highest BCUT2D eigenvalue weighted by Gasteiger charge is 2.45. The molecule has 3 rings (SSSR count). The standard InChI is InChI=1S/C25H30N2O5/c1-16-15-18(9-12-20(16)32-5)23(28)21-22(17-7-10-19(11-8-17)26(2)3)27(13-6-14-31-4)25(30)24(21)29/h7-12,15,22,28H,6,13-14H2,1-5H3/b23-21-. The summed E-state index contributed by atoms with van der Waals surface area (Å²) in [5.41, 5.74) is 3.13. The second-order valence-electron chi connectivity index (χ2n) is 8.01. The van der Waals surface area contributed by atoms with Gasteiger partial charge in [-0.1, -0.05) is 12.1 Å². The fourth-order valence-corrected chi connectivity index (χ4v) is 3.97. The summed E-state index contributed by atoms with van der Waals surface area (Å²) in [5, 5.41) is 11.2. The number of ether oxygens (including phenoxy) is 2. The van der Waals surface area contributed by atoms with Crippen LogP contribution >= 0.6 is 0 Å². The Labute approximate surface area is 188 Å². The summed E-state index contributed by atoms with van der Waals surface area (Å²) in [6.07, 6.45) is 0.581. The first kappa shape index (κ1) is 23.3. The average Bonchev–Trinajstić information content (AvgIpc) is 3.03. The monoisotopic (exact) mass is 438 g/mol. The van der Waals surface area contributed by atoms with E-state index in [1.54, 1.807) is 32.4 Å². The van der Waals surface area contributed by atoms with Gasteiger partial charge in [0.25, 0.3) is 11.7 Å². The molecule has 32 heavy (non-hydrogen) atoms. The van der Waals surface area contributed by atoms with E-state index in [0.717, 1.165) is 16.8 Å². The number of benzene rings is 2. The van der Waals surface area contributed by atoms with E-state index in [1.807, 2.05) is 50.2 Å². The van der Waals surface area contributed by atoms with Crippen LogP contribution in [0.5, 0.6) is 5.75 Å². The molecule has 0 aromatic heterocycles. The van der Waals surface area contributed by atoms with E-state index in [-0.39, 0.29) is 11.3 Å². The van der Waals surface area contributed by atoms with Crippen LogP contribution in [0.25, 0.3) is 5.76 Å². The minimum Gasteiger partial charge on any atom is -0.507 e. The van der Waals surface area contributed by atoms with E-state index < -0.39 is 17.7 Å². The Kier molecular flexibility index (Phi) is 7.20. The highest BCUT2D eigenvalue weighted by molar-refractivity contribution is 6.46. The number of anilines is 1. The zero-order valence-corrected chi connectivity index (χ0v) is 19.2. The van der Waals surface area contributed by atoms with Crippen molar-refractivity contribution in [3.8, 4) is 5.75 Å². The number of aryl methyl sites for hydroxylation is 1. The molecule has 1 saturated heterocycles. The molecule has 0 aliphatic carbocycles. The summed E-state index contributed by atoms with van der Waals surface area (Å²) in [7, 11) is 7.05. The number of hydrogen-bond donors (Lipinski definition) is 1. The Morgan fingerprint density at radius 2 is 1.78 bits per heavy atom. The largest absolute Gasteiger partial charge is 0.507 e. The normalized spacial score (nSPS) is 17.7. The maximum absolute atomic E-state index is 13.1. The molecule has 1 amide bonds. The van der Waals surface area contributed by atoms with Gasteiger partial charge in [-0.15, -0.1) is 0 Å². The molecule has 1 heterocycles. The Bertz CT molecular complexity index is 1030. The predicted octanol–water partition coefficient (Wildman–Crippen LogP) is 3.53. The molecule has 7 heteroatoms. The molecule has 7 nitrogen and oxygen atoms in total. The summed E-state index contributed by atoms with van der Waals surface area (Å²) >= 11 is 0. The molecule has 1 unspecified atom stereocenters. The van der Waals surface area contributed by atoms with Crippen LogP contribution in [0.2, 0.25) is 0 Å². The molecule has 1 aliphatic rings. The number of carbonyl (C=O) groups is 2. The number of nitrogens with zero attached hydrogens (tertiary/aromatic N) is 2. The van der Waals surface area contributed by atoms with Gasteiger partial charge in [0, 0.05) is 45.6 Å². The maximum atomic E-state index is 13.1. The lowest BCUT2D eigenvalue weighted by molar-refractivity contribution is -0.140. The lowest BCUT2D eigenvalue weighted by atomic mass is 9.94. The van der Waals surface area contributed by atoms with Gasteiger partial charge in [0.15, 0.2) is 0 Å². The zero-order chi connectivity index (χ0) is 23.4. The van der Waals surface area contributed by atoms with Crippen LogP contribution in [0.4, 0.5) is 5.69 Å². The number of hydrogen-bond acceptors (Lipinski definition) is 6. The first-order chi connectivity index (χ1) is 15.3. The van der Waals surface area contributed by atoms with Crippen molar-refractivity contribution in [2.45, 2.75) is 19.4 Å². The fraction of sp³-hybridized carbons (Fsp3) is 0.360. The van der Waals surface area contributed by atoms with Gasteiger partial charge in [0.2, 0.25) is 0 Å². The second kappa shape index (κ2) is 9.87. The quantitative estimate of drug-likeness (QED) is 0.294. The second-order valence-corrected chi connectivity index (χ2v) is 8.01. The average molecular weight is 439 g/mol. The number of aliphatic hydroxyl groups is 1. The first-order valence-corrected chi connectivity index (χ1v) is 10.5. The van der Waals surface area contributed by atoms with Crippen molar-refractivity contribution in [1.82, 2.24) is 4.90 Å². The molecule has 1 aliphatic heterocycles. The van der Waals surface area contributed by atoms with Crippen molar-refractivity contribution in [1.29, 1.82) is 0 Å². The van der Waals surface area contributed by atoms with Crippen LogP contribution in [-0.2, 0) is 14.3 Å². The third kappa shape index (κ3) is 4.48. The molecule has 0 bridgehead atoms. The van der Waals surface area contributed by atoms with Gasteiger partial charge in [0.05, 0.1) is 18.7 Å². The maximum Gasteiger partial charge on any atom is 0.295 e. The van der Waals surface area contributed by atoms with Crippen LogP contribution in [0.3, 0.4) is 0 Å². The van der Waals surface area contributed by atoms with Gasteiger partial charge in [-0.2, -0.15) is 0 Å². The van der Waals surface area contributed by atoms with E-state index in [2.05, 4.69) is 0 Å². The van der Waals surface area contributed by atoms with Crippen LogP contribution < -0.4 is 9.64 Å². The van der Waals surface area contributed by atoms with E-state index in [1.165, 1.54) is 4.90 Å². The van der Waals surface area contributed by atoms with E-state index in [0.29, 0.717) is 30.9 Å². The smallest absolute Gasteiger partial charge is 0.295 e. The van der Waals surface area contributed by atoms with Gasteiger partial charge in [-0.05, 0) is 54.8 Å². The lowest BCUT2D eigenvalue weighted by Gasteiger charge is -2.26. The molecule has 0 saturated carbocycles. The summed E-state index contributed by atoms with van der Waals surface area (Å²) < 4.78 is 10.4. The Balaban J connectivity index is 2.12. The number of methoxy groups -OCH3 is 2. The lowest BCUT2D eigenvalue weighted by Crippen LogP contribution is -2.31. The number of rotatable bonds is 8. The minimum atomic E-state index is -0.685. The van der Waals surface area contributed by atoms with Crippen molar-refractivity contribution in [3.63, 3.8) is 0 Å². The van der Waals surface area contributed by atoms with Crippen LogP contribution in [0.15, 0.2) is 48.0 Å². The molecule has 1 N–H and O–H groups in total. The van der Waals surface area contributed by atoms with Gasteiger partial charge in [-0.3, -0.25) is 9.59 Å². The van der Waals surface area contributed by atoms with Gasteiger partial charge in [0.1, 0.15) is 11.5 Å². The number of likely N-dealkylation sites (tertiary alicyclic amines) is 1. The highest BCUT2D eigenvalue weighted by Crippen LogP contribution is 2.40. The van der Waals surface area contributed by atoms with E-state index in [9.17, 15) is 14.7 Å². The van der Waals surface area contributed by atoms with E-state index >= 15 is 0 Å². The third-order valence-corrected chi connectivity index (χ3v) is 5.68. The number of amides is 1. The van der Waals surface area contributed by atoms with E-state index in [4.69, 9.17) is 9.47 Å². The van der Waals surface area contributed by atoms with Crippen molar-refractivity contribution < 1.29 is 24.2 Å². The SMILES string of the molecule is COCCCN1C(=O)C(=O)/C(=C(\O)c2ccc(OC)c(C)c2)C1c1ccc(N(C)C)cc1. The van der Waals surface area contributed by atoms with Crippen molar-refractivity contribution >= 4 is 23.1 Å². The Morgan fingerprint density at radius 1 is 1.09 bits per heavy atom. The summed E-state index contributed by atoms with van der Waals surface area (Å²) in [5.74, 6) is -0.813. The summed E-state index contributed by atoms with van der Waals surface area (Å²) in [4.78, 5) is 29.5. The Morgan fingerprint density at radius 3 is 2.34 bits per heavy atom. The molecule has 1 fully saturated rings. The fourth-order valence-electron chi connectivity index (χ4n) is 3.97. The van der Waals surface area contributed by atoms with Crippen LogP contribution in [-0.4, -0.2) is 63.2 Å². The topological polar surface area (TPSA) is 79.3 Å².